The minimum atomic E-state index is 0.701. The summed E-state index contributed by atoms with van der Waals surface area (Å²) < 4.78 is 1.83. The zero-order chi connectivity index (χ0) is 6.97. The Kier molecular flexibility index (Phi) is 0.974. The zero-order valence-corrected chi connectivity index (χ0v) is 5.36. The SMILES string of the molecule is [CH2]c1cnc2ncccn12. The number of hydrogen-bond donors (Lipinski definition) is 0. The summed E-state index contributed by atoms with van der Waals surface area (Å²) in [5, 5.41) is 0. The minimum Gasteiger partial charge on any atom is -0.288 e. The van der Waals surface area contributed by atoms with E-state index >= 15 is 0 Å². The van der Waals surface area contributed by atoms with Crippen molar-refractivity contribution in [2.75, 3.05) is 0 Å². The Morgan fingerprint density at radius 3 is 3.10 bits per heavy atom. The lowest BCUT2D eigenvalue weighted by atomic mass is 10.5. The highest BCUT2D eigenvalue weighted by Gasteiger charge is 1.94. The maximum Gasteiger partial charge on any atom is 0.233 e. The molecule has 0 saturated carbocycles. The summed E-state index contributed by atoms with van der Waals surface area (Å²) in [5.41, 5.74) is 0.864. The summed E-state index contributed by atoms with van der Waals surface area (Å²) in [6.07, 6.45) is 5.29. The Balaban J connectivity index is 2.93. The molecular formula is C7H6N3. The summed E-state index contributed by atoms with van der Waals surface area (Å²) in [7, 11) is 0. The lowest BCUT2D eigenvalue weighted by Gasteiger charge is -1.90. The molecule has 49 valence electrons. The Hall–Kier alpha value is -1.38. The lowest BCUT2D eigenvalue weighted by molar-refractivity contribution is 1.09. The fraction of sp³-hybridized carbons (Fsp3) is 0. The molecule has 3 heteroatoms. The maximum atomic E-state index is 4.01. The molecule has 0 N–H and O–H groups in total. The molecule has 0 aliphatic heterocycles. The molecule has 2 rings (SSSR count). The van der Waals surface area contributed by atoms with Crippen LogP contribution in [0.5, 0.6) is 0 Å². The topological polar surface area (TPSA) is 30.2 Å². The standard InChI is InChI=1S/C7H6N3/c1-6-5-9-7-8-3-2-4-10(6)7/h2-5H,1H2. The van der Waals surface area contributed by atoms with Gasteiger partial charge in [0, 0.05) is 18.1 Å². The monoisotopic (exact) mass is 132 g/mol. The molecule has 0 aliphatic carbocycles. The highest BCUT2D eigenvalue weighted by atomic mass is 15.1. The summed E-state index contributed by atoms with van der Waals surface area (Å²) in [6, 6.07) is 1.85. The number of rotatable bonds is 0. The quantitative estimate of drug-likeness (QED) is 0.533. The van der Waals surface area contributed by atoms with Gasteiger partial charge in [0.15, 0.2) is 0 Å². The summed E-state index contributed by atoms with van der Waals surface area (Å²) in [6.45, 7) is 3.77. The summed E-state index contributed by atoms with van der Waals surface area (Å²) >= 11 is 0. The van der Waals surface area contributed by atoms with Crippen LogP contribution in [-0.4, -0.2) is 14.4 Å². The van der Waals surface area contributed by atoms with Crippen molar-refractivity contribution in [2.45, 2.75) is 0 Å². The van der Waals surface area contributed by atoms with Crippen molar-refractivity contribution < 1.29 is 0 Å². The zero-order valence-electron chi connectivity index (χ0n) is 5.36. The second-order valence-corrected chi connectivity index (χ2v) is 2.04. The molecule has 0 aromatic carbocycles. The molecular weight excluding hydrogens is 126 g/mol. The first-order chi connectivity index (χ1) is 4.88. The van der Waals surface area contributed by atoms with Crippen LogP contribution < -0.4 is 0 Å². The van der Waals surface area contributed by atoms with Crippen molar-refractivity contribution in [3.05, 3.63) is 37.3 Å². The normalized spacial score (nSPS) is 10.5. The van der Waals surface area contributed by atoms with E-state index in [1.165, 1.54) is 0 Å². The molecule has 0 unspecified atom stereocenters. The number of aromatic nitrogens is 3. The number of fused-ring (bicyclic) bond motifs is 1. The lowest BCUT2D eigenvalue weighted by Crippen LogP contribution is -1.87. The van der Waals surface area contributed by atoms with Crippen molar-refractivity contribution in [2.24, 2.45) is 0 Å². The van der Waals surface area contributed by atoms with Gasteiger partial charge in [-0.15, -0.1) is 0 Å². The molecule has 0 spiro atoms. The molecule has 3 nitrogen and oxygen atoms in total. The number of hydrogen-bond acceptors (Lipinski definition) is 2. The Bertz CT molecular complexity index is 350. The predicted molar refractivity (Wildman–Crippen MR) is 37.4 cm³/mol. The van der Waals surface area contributed by atoms with Crippen LogP contribution in [0.15, 0.2) is 24.7 Å². The molecule has 2 aromatic rings. The number of nitrogens with zero attached hydrogens (tertiary/aromatic N) is 3. The Labute approximate surface area is 58.4 Å². The fourth-order valence-electron chi connectivity index (χ4n) is 0.877. The van der Waals surface area contributed by atoms with Crippen molar-refractivity contribution in [3.63, 3.8) is 0 Å². The van der Waals surface area contributed by atoms with Crippen molar-refractivity contribution in [1.82, 2.24) is 14.4 Å². The van der Waals surface area contributed by atoms with E-state index in [1.54, 1.807) is 12.4 Å². The third kappa shape index (κ3) is 0.603. The molecule has 2 heterocycles. The average Bonchev–Trinajstić information content (AvgIpc) is 2.34. The van der Waals surface area contributed by atoms with Crippen LogP contribution in [-0.2, 0) is 0 Å². The molecule has 1 radical (unpaired) electrons. The van der Waals surface area contributed by atoms with E-state index in [0.29, 0.717) is 5.78 Å². The predicted octanol–water partition coefficient (Wildman–Crippen LogP) is 0.911. The maximum absolute atomic E-state index is 4.01. The van der Waals surface area contributed by atoms with Gasteiger partial charge in [-0.1, -0.05) is 0 Å². The van der Waals surface area contributed by atoms with Gasteiger partial charge in [-0.25, -0.2) is 9.97 Å². The highest BCUT2D eigenvalue weighted by molar-refractivity contribution is 5.30. The first-order valence-corrected chi connectivity index (χ1v) is 2.98. The molecule has 0 bridgehead atoms. The van der Waals surface area contributed by atoms with Gasteiger partial charge in [0.05, 0.1) is 6.20 Å². The molecule has 0 amide bonds. The van der Waals surface area contributed by atoms with Crippen LogP contribution in [0.3, 0.4) is 0 Å². The van der Waals surface area contributed by atoms with Crippen LogP contribution in [0.1, 0.15) is 5.69 Å². The van der Waals surface area contributed by atoms with Crippen LogP contribution in [0.2, 0.25) is 0 Å². The fourth-order valence-corrected chi connectivity index (χ4v) is 0.877. The third-order valence-electron chi connectivity index (χ3n) is 1.37. The van der Waals surface area contributed by atoms with E-state index in [-0.39, 0.29) is 0 Å². The second kappa shape index (κ2) is 1.80. The van der Waals surface area contributed by atoms with E-state index in [9.17, 15) is 0 Å². The van der Waals surface area contributed by atoms with Crippen LogP contribution in [0.4, 0.5) is 0 Å². The minimum absolute atomic E-state index is 0.701. The number of imidazole rings is 1. The summed E-state index contributed by atoms with van der Waals surface area (Å²) in [4.78, 5) is 8.02. The van der Waals surface area contributed by atoms with Crippen molar-refractivity contribution >= 4 is 5.78 Å². The molecule has 0 saturated heterocycles. The van der Waals surface area contributed by atoms with Gasteiger partial charge in [-0.2, -0.15) is 0 Å². The first-order valence-electron chi connectivity index (χ1n) is 2.98. The molecule has 0 atom stereocenters. The average molecular weight is 132 g/mol. The molecule has 2 aromatic heterocycles. The molecule has 10 heavy (non-hydrogen) atoms. The van der Waals surface area contributed by atoms with Crippen molar-refractivity contribution in [3.8, 4) is 0 Å². The van der Waals surface area contributed by atoms with Gasteiger partial charge in [0.1, 0.15) is 0 Å². The van der Waals surface area contributed by atoms with E-state index in [2.05, 4.69) is 16.9 Å². The van der Waals surface area contributed by atoms with Gasteiger partial charge in [-0.05, 0) is 13.0 Å². The van der Waals surface area contributed by atoms with E-state index < -0.39 is 0 Å². The van der Waals surface area contributed by atoms with Crippen LogP contribution in [0, 0.1) is 6.92 Å². The molecule has 0 aliphatic rings. The van der Waals surface area contributed by atoms with E-state index in [1.807, 2.05) is 16.7 Å². The second-order valence-electron chi connectivity index (χ2n) is 2.04. The smallest absolute Gasteiger partial charge is 0.233 e. The van der Waals surface area contributed by atoms with Crippen LogP contribution in [0.25, 0.3) is 5.78 Å². The molecule has 0 fully saturated rings. The van der Waals surface area contributed by atoms with Gasteiger partial charge < -0.3 is 0 Å². The van der Waals surface area contributed by atoms with Gasteiger partial charge in [0.25, 0.3) is 0 Å². The van der Waals surface area contributed by atoms with Crippen molar-refractivity contribution in [1.29, 1.82) is 0 Å². The van der Waals surface area contributed by atoms with Gasteiger partial charge in [-0.3, -0.25) is 4.40 Å². The van der Waals surface area contributed by atoms with Gasteiger partial charge in [0.2, 0.25) is 5.78 Å². The Morgan fingerprint density at radius 1 is 1.40 bits per heavy atom. The first kappa shape index (κ1) is 5.41. The van der Waals surface area contributed by atoms with Crippen LogP contribution >= 0.6 is 0 Å². The van der Waals surface area contributed by atoms with E-state index in [4.69, 9.17) is 0 Å². The van der Waals surface area contributed by atoms with E-state index in [0.717, 1.165) is 5.69 Å². The van der Waals surface area contributed by atoms with Gasteiger partial charge >= 0.3 is 0 Å². The Morgan fingerprint density at radius 2 is 2.30 bits per heavy atom. The largest absolute Gasteiger partial charge is 0.288 e. The highest BCUT2D eigenvalue weighted by Crippen LogP contribution is 1.99. The summed E-state index contributed by atoms with van der Waals surface area (Å²) in [5.74, 6) is 0.701. The third-order valence-corrected chi connectivity index (χ3v) is 1.37.